The number of rotatable bonds is 6. The summed E-state index contributed by atoms with van der Waals surface area (Å²) in [6, 6.07) is 13.9. The molecule has 9 heteroatoms. The van der Waals surface area contributed by atoms with Gasteiger partial charge in [-0.1, -0.05) is 35.3 Å². The number of ether oxygens (including phenoxy) is 1. The zero-order valence-electron chi connectivity index (χ0n) is 16.8. The van der Waals surface area contributed by atoms with E-state index in [4.69, 9.17) is 27.9 Å². The summed E-state index contributed by atoms with van der Waals surface area (Å²) in [6.07, 6.45) is 0.449. The molecule has 31 heavy (non-hydrogen) atoms. The van der Waals surface area contributed by atoms with Gasteiger partial charge in [0.25, 0.3) is 5.56 Å². The van der Waals surface area contributed by atoms with E-state index in [-0.39, 0.29) is 28.4 Å². The average molecular weight is 457 g/mol. The summed E-state index contributed by atoms with van der Waals surface area (Å²) in [5.41, 5.74) is 0.847. The predicted molar refractivity (Wildman–Crippen MR) is 119 cm³/mol. The molecule has 2 aromatic carbocycles. The first-order valence-corrected chi connectivity index (χ1v) is 9.97. The number of nitriles is 1. The zero-order chi connectivity index (χ0) is 22.5. The Morgan fingerprint density at radius 2 is 1.87 bits per heavy atom. The molecule has 3 aromatic rings. The quantitative estimate of drug-likeness (QED) is 0.480. The van der Waals surface area contributed by atoms with E-state index in [2.05, 4.69) is 10.2 Å². The fourth-order valence-corrected chi connectivity index (χ4v) is 3.41. The van der Waals surface area contributed by atoms with E-state index in [1.807, 2.05) is 30.3 Å². The van der Waals surface area contributed by atoms with Crippen molar-refractivity contribution in [3.05, 3.63) is 79.6 Å². The molecule has 0 fully saturated rings. The Morgan fingerprint density at radius 3 is 2.48 bits per heavy atom. The molecule has 0 bridgehead atoms. The number of hydrogen-bond acceptors (Lipinski definition) is 6. The molecular formula is C22H18Cl2N4O3. The van der Waals surface area contributed by atoms with Crippen molar-refractivity contribution in [1.82, 2.24) is 4.57 Å². The van der Waals surface area contributed by atoms with E-state index in [9.17, 15) is 15.2 Å². The largest absolute Gasteiger partial charge is 0.497 e. The van der Waals surface area contributed by atoms with Gasteiger partial charge in [-0.2, -0.15) is 5.26 Å². The highest BCUT2D eigenvalue weighted by atomic mass is 35.5. The summed E-state index contributed by atoms with van der Waals surface area (Å²) < 4.78 is 6.26. The van der Waals surface area contributed by atoms with Gasteiger partial charge in [-0.25, -0.2) is 0 Å². The second kappa shape index (κ2) is 9.65. The lowest BCUT2D eigenvalue weighted by molar-refractivity contribution is 0.403. The van der Waals surface area contributed by atoms with Crippen molar-refractivity contribution in [2.75, 3.05) is 7.11 Å². The van der Waals surface area contributed by atoms with Crippen molar-refractivity contribution in [3.8, 4) is 17.7 Å². The van der Waals surface area contributed by atoms with Crippen LogP contribution in [0.25, 0.3) is 0 Å². The van der Waals surface area contributed by atoms with Gasteiger partial charge >= 0.3 is 0 Å². The fourth-order valence-electron chi connectivity index (χ4n) is 2.96. The SMILES string of the molecule is COc1ccc(CCn2c(O)c(C#N)c(C)c(N=Nc3ccc(Cl)cc3Cl)c2=O)cc1. The molecule has 0 unspecified atom stereocenters. The maximum Gasteiger partial charge on any atom is 0.281 e. The van der Waals surface area contributed by atoms with Crippen molar-refractivity contribution < 1.29 is 9.84 Å². The van der Waals surface area contributed by atoms with Crippen molar-refractivity contribution in [2.45, 2.75) is 19.9 Å². The molecule has 3 rings (SSSR count). The van der Waals surface area contributed by atoms with Crippen molar-refractivity contribution >= 4 is 34.6 Å². The molecule has 0 amide bonds. The van der Waals surface area contributed by atoms with Gasteiger partial charge in [-0.3, -0.25) is 9.36 Å². The number of hydrogen-bond donors (Lipinski definition) is 1. The van der Waals surface area contributed by atoms with E-state index in [0.29, 0.717) is 17.1 Å². The van der Waals surface area contributed by atoms with Crippen LogP contribution in [0.1, 0.15) is 16.7 Å². The van der Waals surface area contributed by atoms with Gasteiger partial charge in [0.2, 0.25) is 5.88 Å². The van der Waals surface area contributed by atoms with Crippen molar-refractivity contribution in [3.63, 3.8) is 0 Å². The maximum atomic E-state index is 13.0. The first kappa shape index (κ1) is 22.3. The summed E-state index contributed by atoms with van der Waals surface area (Å²) in [7, 11) is 1.58. The van der Waals surface area contributed by atoms with Gasteiger partial charge in [0.05, 0.1) is 12.1 Å². The zero-order valence-corrected chi connectivity index (χ0v) is 18.3. The molecule has 0 spiro atoms. The highest BCUT2D eigenvalue weighted by Crippen LogP contribution is 2.31. The number of pyridine rings is 1. The average Bonchev–Trinajstić information content (AvgIpc) is 2.75. The van der Waals surface area contributed by atoms with Gasteiger partial charge in [-0.05, 0) is 49.2 Å². The van der Waals surface area contributed by atoms with Gasteiger partial charge in [-0.15, -0.1) is 10.2 Å². The topological polar surface area (TPSA) is 100.0 Å². The summed E-state index contributed by atoms with van der Waals surface area (Å²) in [5, 5.41) is 28.8. The smallest absolute Gasteiger partial charge is 0.281 e. The first-order chi connectivity index (χ1) is 14.8. The summed E-state index contributed by atoms with van der Waals surface area (Å²) >= 11 is 12.0. The van der Waals surface area contributed by atoms with E-state index in [1.54, 1.807) is 19.2 Å². The highest BCUT2D eigenvalue weighted by molar-refractivity contribution is 6.36. The minimum absolute atomic E-state index is 0.0366. The number of azo groups is 1. The molecule has 0 aliphatic rings. The predicted octanol–water partition coefficient (Wildman–Crippen LogP) is 5.71. The Kier molecular flexibility index (Phi) is 6.95. The highest BCUT2D eigenvalue weighted by Gasteiger charge is 2.19. The third kappa shape index (κ3) is 4.88. The summed E-state index contributed by atoms with van der Waals surface area (Å²) in [6.45, 7) is 1.68. The molecule has 1 heterocycles. The molecule has 158 valence electrons. The number of nitrogens with zero attached hydrogens (tertiary/aromatic N) is 4. The normalized spacial score (nSPS) is 10.9. The summed E-state index contributed by atoms with van der Waals surface area (Å²) in [4.78, 5) is 13.0. The van der Waals surface area contributed by atoms with Crippen LogP contribution in [0.3, 0.4) is 0 Å². The van der Waals surface area contributed by atoms with E-state index >= 15 is 0 Å². The minimum atomic E-state index is -0.559. The Morgan fingerprint density at radius 1 is 1.16 bits per heavy atom. The van der Waals surface area contributed by atoms with Crippen LogP contribution in [-0.4, -0.2) is 16.8 Å². The third-order valence-corrected chi connectivity index (χ3v) is 5.26. The second-order valence-corrected chi connectivity index (χ2v) is 7.48. The molecule has 0 atom stereocenters. The van der Waals surface area contributed by atoms with Crippen LogP contribution in [0, 0.1) is 18.3 Å². The number of aromatic hydroxyl groups is 1. The Bertz CT molecular complexity index is 1250. The number of methoxy groups -OCH3 is 1. The first-order valence-electron chi connectivity index (χ1n) is 9.22. The molecule has 0 aliphatic carbocycles. The van der Waals surface area contributed by atoms with Gasteiger partial charge in [0.15, 0.2) is 5.69 Å². The van der Waals surface area contributed by atoms with Crippen LogP contribution in [0.4, 0.5) is 11.4 Å². The number of halogens is 2. The van der Waals surface area contributed by atoms with Crippen LogP contribution in [-0.2, 0) is 13.0 Å². The van der Waals surface area contributed by atoms with Crippen LogP contribution in [0.5, 0.6) is 11.6 Å². The lowest BCUT2D eigenvalue weighted by atomic mass is 10.1. The Balaban J connectivity index is 1.99. The van der Waals surface area contributed by atoms with Gasteiger partial charge in [0, 0.05) is 17.1 Å². The van der Waals surface area contributed by atoms with Gasteiger partial charge < -0.3 is 9.84 Å². The Hall–Kier alpha value is -3.34. The third-order valence-electron chi connectivity index (χ3n) is 4.72. The molecule has 0 aliphatic heterocycles. The summed E-state index contributed by atoms with van der Waals surface area (Å²) in [5.74, 6) is 0.316. The van der Waals surface area contributed by atoms with E-state index < -0.39 is 11.4 Å². The number of aromatic nitrogens is 1. The number of aryl methyl sites for hydroxylation is 1. The monoisotopic (exact) mass is 456 g/mol. The van der Waals surface area contributed by atoms with Crippen LogP contribution in [0.2, 0.25) is 10.0 Å². The van der Waals surface area contributed by atoms with Gasteiger partial charge in [0.1, 0.15) is 23.1 Å². The molecule has 7 nitrogen and oxygen atoms in total. The molecule has 1 N–H and O–H groups in total. The van der Waals surface area contributed by atoms with Crippen LogP contribution >= 0.6 is 23.2 Å². The minimum Gasteiger partial charge on any atom is -0.497 e. The van der Waals surface area contributed by atoms with E-state index in [1.165, 1.54) is 13.0 Å². The molecule has 0 saturated carbocycles. The fraction of sp³-hybridized carbons (Fsp3) is 0.182. The van der Waals surface area contributed by atoms with Crippen molar-refractivity contribution in [1.29, 1.82) is 5.26 Å². The molecule has 0 radical (unpaired) electrons. The van der Waals surface area contributed by atoms with Crippen molar-refractivity contribution in [2.24, 2.45) is 10.2 Å². The molecular weight excluding hydrogens is 439 g/mol. The maximum absolute atomic E-state index is 13.0. The lowest BCUT2D eigenvalue weighted by Gasteiger charge is -2.13. The second-order valence-electron chi connectivity index (χ2n) is 6.63. The van der Waals surface area contributed by atoms with Crippen LogP contribution in [0.15, 0.2) is 57.5 Å². The molecule has 1 aromatic heterocycles. The molecule has 0 saturated heterocycles. The standard InChI is InChI=1S/C22H18Cl2N4O3/c1-13-17(12-25)21(29)28(10-9-14-3-6-16(31-2)7-4-14)22(30)20(13)27-26-19-8-5-15(23)11-18(19)24/h3-8,11,29H,9-10H2,1-2H3. The lowest BCUT2D eigenvalue weighted by Crippen LogP contribution is -2.22. The van der Waals surface area contributed by atoms with E-state index in [0.717, 1.165) is 15.9 Å². The van der Waals surface area contributed by atoms with Crippen LogP contribution < -0.4 is 10.3 Å². The Labute approximate surface area is 188 Å². The number of benzene rings is 2.